The van der Waals surface area contributed by atoms with E-state index < -0.39 is 5.97 Å². The van der Waals surface area contributed by atoms with E-state index >= 15 is 0 Å². The summed E-state index contributed by atoms with van der Waals surface area (Å²) < 4.78 is 2.12. The van der Waals surface area contributed by atoms with Crippen molar-refractivity contribution in [1.82, 2.24) is 19.5 Å². The third-order valence-electron chi connectivity index (χ3n) is 5.95. The molecule has 7 heteroatoms. The van der Waals surface area contributed by atoms with Gasteiger partial charge in [-0.25, -0.2) is 15.0 Å². The molecule has 0 radical (unpaired) electrons. The lowest BCUT2D eigenvalue weighted by Crippen LogP contribution is -2.21. The van der Waals surface area contributed by atoms with Gasteiger partial charge >= 0.3 is 5.97 Å². The van der Waals surface area contributed by atoms with Gasteiger partial charge < -0.3 is 15.4 Å². The lowest BCUT2D eigenvalue weighted by atomic mass is 9.81. The highest BCUT2D eigenvalue weighted by Crippen LogP contribution is 2.32. The average molecular weight is 367 g/mol. The Morgan fingerprint density at radius 3 is 2.63 bits per heavy atom. The van der Waals surface area contributed by atoms with Gasteiger partial charge in [0.2, 0.25) is 5.82 Å². The molecule has 0 amide bonds. The second-order valence-electron chi connectivity index (χ2n) is 7.76. The van der Waals surface area contributed by atoms with Crippen molar-refractivity contribution < 1.29 is 9.90 Å². The Kier molecular flexibility index (Phi) is 4.97. The molecule has 0 bridgehead atoms. The lowest BCUT2D eigenvalue weighted by Gasteiger charge is -2.24. The van der Waals surface area contributed by atoms with E-state index in [4.69, 9.17) is 10.8 Å². The summed E-state index contributed by atoms with van der Waals surface area (Å²) in [5.74, 6) is 6.66. The van der Waals surface area contributed by atoms with E-state index in [1.54, 1.807) is 0 Å². The van der Waals surface area contributed by atoms with E-state index in [1.165, 1.54) is 12.8 Å². The lowest BCUT2D eigenvalue weighted by molar-refractivity contribution is -0.143. The SMILES string of the molecule is Nc1nc(C#CCC2CCC(C(=O)O)CC2)nc2c1ncn2C1CCCC1. The number of imidazole rings is 1. The maximum atomic E-state index is 11.0. The highest BCUT2D eigenvalue weighted by atomic mass is 16.4. The standard InChI is InChI=1S/C20H25N5O2/c21-18-17-19(25(12-22-17)15-5-1-2-6-15)24-16(23-18)7-3-4-13-8-10-14(11-9-13)20(26)27/h12-15H,1-2,4-6,8-11H2,(H,26,27)(H2,21,23,24). The van der Waals surface area contributed by atoms with Gasteiger partial charge in [-0.15, -0.1) is 0 Å². The Labute approximate surface area is 158 Å². The molecule has 2 saturated carbocycles. The van der Waals surface area contributed by atoms with E-state index in [0.717, 1.165) is 50.6 Å². The van der Waals surface area contributed by atoms with Gasteiger partial charge in [-0.05, 0) is 50.4 Å². The van der Waals surface area contributed by atoms with Crippen LogP contribution >= 0.6 is 0 Å². The zero-order valence-corrected chi connectivity index (χ0v) is 15.4. The monoisotopic (exact) mass is 367 g/mol. The number of fused-ring (bicyclic) bond motifs is 1. The number of carboxylic acid groups (broad SMARTS) is 1. The van der Waals surface area contributed by atoms with Crippen molar-refractivity contribution in [2.24, 2.45) is 11.8 Å². The quantitative estimate of drug-likeness (QED) is 0.807. The summed E-state index contributed by atoms with van der Waals surface area (Å²) in [4.78, 5) is 24.3. The first-order valence-corrected chi connectivity index (χ1v) is 9.83. The molecule has 2 aromatic rings. The number of aliphatic carboxylic acids is 1. The van der Waals surface area contributed by atoms with Gasteiger partial charge in [0, 0.05) is 12.5 Å². The molecule has 2 aliphatic carbocycles. The van der Waals surface area contributed by atoms with Crippen LogP contribution in [0.15, 0.2) is 6.33 Å². The predicted octanol–water partition coefficient (Wildman–Crippen LogP) is 3.16. The van der Waals surface area contributed by atoms with Crippen molar-refractivity contribution in [2.75, 3.05) is 5.73 Å². The fourth-order valence-corrected chi connectivity index (χ4v) is 4.33. The molecular weight excluding hydrogens is 342 g/mol. The van der Waals surface area contributed by atoms with Crippen molar-refractivity contribution in [2.45, 2.75) is 63.8 Å². The smallest absolute Gasteiger partial charge is 0.306 e. The van der Waals surface area contributed by atoms with Crippen molar-refractivity contribution in [3.05, 3.63) is 12.2 Å². The van der Waals surface area contributed by atoms with Gasteiger partial charge in [0.05, 0.1) is 12.2 Å². The van der Waals surface area contributed by atoms with Crippen LogP contribution in [0.3, 0.4) is 0 Å². The highest BCUT2D eigenvalue weighted by molar-refractivity contribution is 5.82. The molecule has 2 aromatic heterocycles. The maximum absolute atomic E-state index is 11.0. The van der Waals surface area contributed by atoms with Crippen LogP contribution in [0.1, 0.15) is 69.7 Å². The maximum Gasteiger partial charge on any atom is 0.306 e. The van der Waals surface area contributed by atoms with Crippen molar-refractivity contribution >= 4 is 23.0 Å². The number of carbonyl (C=O) groups is 1. The second-order valence-corrected chi connectivity index (χ2v) is 7.76. The number of nitrogens with zero attached hydrogens (tertiary/aromatic N) is 4. The van der Waals surface area contributed by atoms with Crippen LogP contribution in [-0.2, 0) is 4.79 Å². The van der Waals surface area contributed by atoms with Crippen molar-refractivity contribution in [1.29, 1.82) is 0 Å². The van der Waals surface area contributed by atoms with Crippen molar-refractivity contribution in [3.8, 4) is 11.8 Å². The first-order chi connectivity index (χ1) is 13.1. The summed E-state index contributed by atoms with van der Waals surface area (Å²) in [7, 11) is 0. The van der Waals surface area contributed by atoms with E-state index in [1.807, 2.05) is 6.33 Å². The largest absolute Gasteiger partial charge is 0.481 e. The van der Waals surface area contributed by atoms with E-state index in [0.29, 0.717) is 29.1 Å². The van der Waals surface area contributed by atoms with Crippen LogP contribution in [0.5, 0.6) is 0 Å². The van der Waals surface area contributed by atoms with E-state index in [2.05, 4.69) is 31.4 Å². The molecule has 0 aliphatic heterocycles. The number of hydrogen-bond donors (Lipinski definition) is 2. The predicted molar refractivity (Wildman–Crippen MR) is 102 cm³/mol. The zero-order chi connectivity index (χ0) is 18.8. The number of aromatic nitrogens is 4. The fourth-order valence-electron chi connectivity index (χ4n) is 4.33. The van der Waals surface area contributed by atoms with Crippen LogP contribution in [0.25, 0.3) is 11.2 Å². The Hall–Kier alpha value is -2.62. The number of nitrogen functional groups attached to an aromatic ring is 1. The molecule has 4 rings (SSSR count). The van der Waals surface area contributed by atoms with Crippen LogP contribution in [0.2, 0.25) is 0 Å². The molecule has 3 N–H and O–H groups in total. The minimum absolute atomic E-state index is 0.185. The summed E-state index contributed by atoms with van der Waals surface area (Å²) in [6.07, 6.45) is 10.7. The van der Waals surface area contributed by atoms with Crippen LogP contribution in [0, 0.1) is 23.7 Å². The summed E-state index contributed by atoms with van der Waals surface area (Å²) in [5.41, 5.74) is 7.51. The average Bonchev–Trinajstić information content (AvgIpc) is 3.31. The third kappa shape index (κ3) is 3.75. The fraction of sp³-hybridized carbons (Fsp3) is 0.600. The molecule has 7 nitrogen and oxygen atoms in total. The molecule has 142 valence electrons. The van der Waals surface area contributed by atoms with Gasteiger partial charge in [-0.1, -0.05) is 18.8 Å². The number of nitrogens with two attached hydrogens (primary N) is 1. The normalized spacial score (nSPS) is 23.3. The zero-order valence-electron chi connectivity index (χ0n) is 15.4. The summed E-state index contributed by atoms with van der Waals surface area (Å²) >= 11 is 0. The molecule has 27 heavy (non-hydrogen) atoms. The summed E-state index contributed by atoms with van der Waals surface area (Å²) in [6, 6.07) is 0.439. The molecule has 0 unspecified atom stereocenters. The van der Waals surface area contributed by atoms with Crippen LogP contribution < -0.4 is 5.73 Å². The minimum Gasteiger partial charge on any atom is -0.481 e. The molecule has 0 saturated heterocycles. The minimum atomic E-state index is -0.671. The highest BCUT2D eigenvalue weighted by Gasteiger charge is 2.25. The van der Waals surface area contributed by atoms with Crippen LogP contribution in [0.4, 0.5) is 5.82 Å². The van der Waals surface area contributed by atoms with Crippen LogP contribution in [-0.4, -0.2) is 30.6 Å². The number of rotatable bonds is 3. The van der Waals surface area contributed by atoms with Crippen molar-refractivity contribution in [3.63, 3.8) is 0 Å². The first-order valence-electron chi connectivity index (χ1n) is 9.83. The van der Waals surface area contributed by atoms with E-state index in [-0.39, 0.29) is 5.92 Å². The molecule has 0 atom stereocenters. The number of carboxylic acids is 1. The first kappa shape index (κ1) is 17.8. The Balaban J connectivity index is 1.47. The third-order valence-corrected chi connectivity index (χ3v) is 5.95. The number of anilines is 1. The van der Waals surface area contributed by atoms with Gasteiger partial charge in [-0.2, -0.15) is 0 Å². The molecule has 0 aromatic carbocycles. The second kappa shape index (κ2) is 7.55. The topological polar surface area (TPSA) is 107 Å². The van der Waals surface area contributed by atoms with Gasteiger partial charge in [-0.3, -0.25) is 4.79 Å². The summed E-state index contributed by atoms with van der Waals surface area (Å²) in [5, 5.41) is 9.08. The molecule has 2 heterocycles. The van der Waals surface area contributed by atoms with Gasteiger partial charge in [0.15, 0.2) is 11.5 Å². The molecule has 0 spiro atoms. The molecule has 2 fully saturated rings. The Bertz CT molecular complexity index is 896. The number of hydrogen-bond acceptors (Lipinski definition) is 5. The summed E-state index contributed by atoms with van der Waals surface area (Å²) in [6.45, 7) is 0. The molecule has 2 aliphatic rings. The Morgan fingerprint density at radius 2 is 1.93 bits per heavy atom. The van der Waals surface area contributed by atoms with E-state index in [9.17, 15) is 4.79 Å². The molecular formula is C20H25N5O2. The van der Waals surface area contributed by atoms with Gasteiger partial charge in [0.25, 0.3) is 0 Å². The van der Waals surface area contributed by atoms with Gasteiger partial charge in [0.1, 0.15) is 5.52 Å². The Morgan fingerprint density at radius 1 is 1.19 bits per heavy atom.